The number of hydrogen-bond acceptors (Lipinski definition) is 2. The lowest BCUT2D eigenvalue weighted by Crippen LogP contribution is -2.35. The Morgan fingerprint density at radius 2 is 1.63 bits per heavy atom. The van der Waals surface area contributed by atoms with E-state index in [0.29, 0.717) is 23.5 Å². The minimum Gasteiger partial charge on any atom is -0.299 e. The number of hydrogen-bond donors (Lipinski definition) is 1. The molecule has 0 heterocycles. The lowest BCUT2D eigenvalue weighted by Gasteiger charge is -2.32. The van der Waals surface area contributed by atoms with Crippen LogP contribution in [-0.4, -0.2) is 11.5 Å². The van der Waals surface area contributed by atoms with Crippen molar-refractivity contribution in [3.8, 4) is 0 Å². The Balaban J connectivity index is 1.48. The van der Waals surface area contributed by atoms with Gasteiger partial charge in [0, 0.05) is 17.6 Å². The third-order valence-electron chi connectivity index (χ3n) is 6.98. The Morgan fingerprint density at radius 3 is 2.11 bits per heavy atom. The highest BCUT2D eigenvalue weighted by Gasteiger charge is 2.49. The van der Waals surface area contributed by atoms with Gasteiger partial charge in [-0.1, -0.05) is 12.8 Å². The zero-order chi connectivity index (χ0) is 13.0. The molecule has 4 aliphatic carbocycles. The molecule has 7 atom stereocenters. The van der Waals surface area contributed by atoms with Gasteiger partial charge in [0.15, 0.2) is 0 Å². The molecule has 4 rings (SSSR count). The molecule has 0 radical (unpaired) electrons. The van der Waals surface area contributed by atoms with E-state index in [-0.39, 0.29) is 0 Å². The number of carbonyl (C=O) groups excluding carboxylic acids is 1. The van der Waals surface area contributed by atoms with Gasteiger partial charge in [-0.3, -0.25) is 4.79 Å². The molecule has 4 fully saturated rings. The van der Waals surface area contributed by atoms with Crippen molar-refractivity contribution < 1.29 is 4.79 Å². The minimum atomic E-state index is 0.294. The SMILES string of the molecule is O=C(C1CC2CCC1C2)C(CS)C1CC2CCC1C2. The summed E-state index contributed by atoms with van der Waals surface area (Å²) in [5.74, 6) is 6.30. The van der Waals surface area contributed by atoms with Crippen molar-refractivity contribution in [3.63, 3.8) is 0 Å². The maximum Gasteiger partial charge on any atom is 0.140 e. The van der Waals surface area contributed by atoms with Crippen molar-refractivity contribution in [2.24, 2.45) is 41.4 Å². The molecule has 0 aliphatic heterocycles. The van der Waals surface area contributed by atoms with E-state index in [1.165, 1.54) is 51.4 Å². The van der Waals surface area contributed by atoms with E-state index < -0.39 is 0 Å². The number of ketones is 1. The average Bonchev–Trinajstić information content (AvgIpc) is 3.19. The molecule has 7 unspecified atom stereocenters. The fourth-order valence-corrected chi connectivity index (χ4v) is 6.54. The van der Waals surface area contributed by atoms with Crippen LogP contribution in [0.2, 0.25) is 0 Å². The fraction of sp³-hybridized carbons (Fsp3) is 0.941. The first-order valence-electron chi connectivity index (χ1n) is 8.40. The number of rotatable bonds is 4. The van der Waals surface area contributed by atoms with Crippen LogP contribution in [0.5, 0.6) is 0 Å². The van der Waals surface area contributed by atoms with E-state index in [4.69, 9.17) is 0 Å². The largest absolute Gasteiger partial charge is 0.299 e. The summed E-state index contributed by atoms with van der Waals surface area (Å²) >= 11 is 4.57. The summed E-state index contributed by atoms with van der Waals surface area (Å²) in [6.45, 7) is 0. The topological polar surface area (TPSA) is 17.1 Å². The third-order valence-corrected chi connectivity index (χ3v) is 7.37. The average molecular weight is 278 g/mol. The highest BCUT2D eigenvalue weighted by Crippen LogP contribution is 2.54. The molecule has 19 heavy (non-hydrogen) atoms. The fourth-order valence-electron chi connectivity index (χ4n) is 6.09. The van der Waals surface area contributed by atoms with Crippen LogP contribution in [0.1, 0.15) is 51.4 Å². The second-order valence-corrected chi connectivity index (χ2v) is 8.18. The molecule has 0 aromatic rings. The van der Waals surface area contributed by atoms with E-state index in [0.717, 1.165) is 29.4 Å². The first-order valence-corrected chi connectivity index (χ1v) is 9.04. The number of Topliss-reactive ketones (excluding diaryl/α,β-unsaturated/α-hetero) is 1. The van der Waals surface area contributed by atoms with Crippen molar-refractivity contribution in [2.75, 3.05) is 5.75 Å². The third kappa shape index (κ3) is 2.01. The van der Waals surface area contributed by atoms with Crippen LogP contribution in [0, 0.1) is 41.4 Å². The zero-order valence-electron chi connectivity index (χ0n) is 11.8. The molecule has 106 valence electrons. The van der Waals surface area contributed by atoms with Crippen molar-refractivity contribution >= 4 is 18.4 Å². The molecule has 4 aliphatic rings. The number of carbonyl (C=O) groups is 1. The van der Waals surface area contributed by atoms with E-state index >= 15 is 0 Å². The summed E-state index contributed by atoms with van der Waals surface area (Å²) in [4.78, 5) is 13.0. The van der Waals surface area contributed by atoms with Gasteiger partial charge in [-0.2, -0.15) is 12.6 Å². The highest BCUT2D eigenvalue weighted by molar-refractivity contribution is 7.80. The zero-order valence-corrected chi connectivity index (χ0v) is 12.7. The van der Waals surface area contributed by atoms with Crippen molar-refractivity contribution in [1.82, 2.24) is 0 Å². The van der Waals surface area contributed by atoms with Crippen molar-refractivity contribution in [3.05, 3.63) is 0 Å². The molecule has 2 heteroatoms. The van der Waals surface area contributed by atoms with Crippen LogP contribution in [0.25, 0.3) is 0 Å². The number of fused-ring (bicyclic) bond motifs is 4. The molecule has 0 N–H and O–H groups in total. The quantitative estimate of drug-likeness (QED) is 0.770. The van der Waals surface area contributed by atoms with Crippen LogP contribution in [0.15, 0.2) is 0 Å². The van der Waals surface area contributed by atoms with Gasteiger partial charge in [-0.05, 0) is 68.1 Å². The predicted octanol–water partition coefficient (Wildman–Crippen LogP) is 3.97. The van der Waals surface area contributed by atoms with Crippen molar-refractivity contribution in [2.45, 2.75) is 51.4 Å². The maximum atomic E-state index is 13.0. The molecule has 0 spiro atoms. The van der Waals surface area contributed by atoms with E-state index in [1.54, 1.807) is 0 Å². The van der Waals surface area contributed by atoms with Gasteiger partial charge < -0.3 is 0 Å². The van der Waals surface area contributed by atoms with E-state index in [2.05, 4.69) is 12.6 Å². The molecule has 4 saturated carbocycles. The Kier molecular flexibility index (Phi) is 3.21. The molecular formula is C17H26OS. The van der Waals surface area contributed by atoms with Crippen molar-refractivity contribution in [1.29, 1.82) is 0 Å². The van der Waals surface area contributed by atoms with Crippen LogP contribution in [0.3, 0.4) is 0 Å². The lowest BCUT2D eigenvalue weighted by molar-refractivity contribution is -0.130. The summed E-state index contributed by atoms with van der Waals surface area (Å²) < 4.78 is 0. The summed E-state index contributed by atoms with van der Waals surface area (Å²) in [6, 6.07) is 0. The molecule has 0 amide bonds. The van der Waals surface area contributed by atoms with E-state index in [1.807, 2.05) is 0 Å². The first kappa shape index (κ1) is 12.7. The molecule has 0 aromatic carbocycles. The smallest absolute Gasteiger partial charge is 0.140 e. The van der Waals surface area contributed by atoms with Gasteiger partial charge in [-0.15, -0.1) is 0 Å². The van der Waals surface area contributed by atoms with Gasteiger partial charge in [-0.25, -0.2) is 0 Å². The molecule has 1 nitrogen and oxygen atoms in total. The summed E-state index contributed by atoms with van der Waals surface area (Å²) in [5, 5.41) is 0. The standard InChI is InChI=1S/C17H26OS/c18-17(15-8-11-2-4-13(15)6-11)16(9-19)14-7-10-1-3-12(14)5-10/h10-16,19H,1-9H2. The van der Waals surface area contributed by atoms with Crippen LogP contribution >= 0.6 is 12.6 Å². The Bertz CT molecular complexity index is 379. The Labute approximate surface area is 122 Å². The van der Waals surface area contributed by atoms with Gasteiger partial charge in [0.1, 0.15) is 5.78 Å². The summed E-state index contributed by atoms with van der Waals surface area (Å²) in [7, 11) is 0. The normalized spacial score (nSPS) is 48.9. The lowest BCUT2D eigenvalue weighted by atomic mass is 9.72. The monoisotopic (exact) mass is 278 g/mol. The van der Waals surface area contributed by atoms with Gasteiger partial charge in [0.2, 0.25) is 0 Å². The maximum absolute atomic E-state index is 13.0. The Morgan fingerprint density at radius 1 is 0.947 bits per heavy atom. The molecule has 0 aromatic heterocycles. The second-order valence-electron chi connectivity index (χ2n) is 7.81. The summed E-state index contributed by atoms with van der Waals surface area (Å²) in [5.41, 5.74) is 0. The van der Waals surface area contributed by atoms with Crippen LogP contribution < -0.4 is 0 Å². The minimum absolute atomic E-state index is 0.294. The second kappa shape index (κ2) is 4.79. The molecule has 4 bridgehead atoms. The van der Waals surface area contributed by atoms with Crippen LogP contribution in [-0.2, 0) is 4.79 Å². The van der Waals surface area contributed by atoms with Gasteiger partial charge in [0.05, 0.1) is 0 Å². The van der Waals surface area contributed by atoms with Gasteiger partial charge in [0.25, 0.3) is 0 Å². The predicted molar refractivity (Wildman–Crippen MR) is 80.2 cm³/mol. The highest BCUT2D eigenvalue weighted by atomic mass is 32.1. The Hall–Kier alpha value is 0.0200. The molecule has 0 saturated heterocycles. The first-order chi connectivity index (χ1) is 9.26. The van der Waals surface area contributed by atoms with Gasteiger partial charge >= 0.3 is 0 Å². The molecular weight excluding hydrogens is 252 g/mol. The van der Waals surface area contributed by atoms with Crippen LogP contribution in [0.4, 0.5) is 0 Å². The number of thiol groups is 1. The van der Waals surface area contributed by atoms with E-state index in [9.17, 15) is 4.79 Å². The summed E-state index contributed by atoms with van der Waals surface area (Å²) in [6.07, 6.45) is 10.9.